The first-order valence-corrected chi connectivity index (χ1v) is 5.70. The van der Waals surface area contributed by atoms with Crippen molar-refractivity contribution in [2.24, 2.45) is 11.0 Å². The van der Waals surface area contributed by atoms with E-state index < -0.39 is 5.97 Å². The molecule has 86 valence electrons. The van der Waals surface area contributed by atoms with Crippen LogP contribution in [0.4, 0.5) is 0 Å². The van der Waals surface area contributed by atoms with Gasteiger partial charge in [0.1, 0.15) is 5.71 Å². The molecule has 0 heterocycles. The summed E-state index contributed by atoms with van der Waals surface area (Å²) in [6.07, 6.45) is 7.83. The normalized spacial score (nSPS) is 18.9. The number of carboxylic acids is 1. The monoisotopic (exact) mass is 212 g/mol. The molecule has 4 nitrogen and oxygen atoms in total. The number of carbonyl (C=O) groups is 1. The number of nitrogens with one attached hydrogen (secondary N) is 1. The number of hydrogen-bond donors (Lipinski definition) is 2. The molecule has 0 saturated heterocycles. The van der Waals surface area contributed by atoms with Crippen molar-refractivity contribution in [2.75, 3.05) is 6.54 Å². The predicted octanol–water partition coefficient (Wildman–Crippen LogP) is 2.01. The third kappa shape index (κ3) is 4.81. The zero-order chi connectivity index (χ0) is 11.1. The predicted molar refractivity (Wildman–Crippen MR) is 59.9 cm³/mol. The number of rotatable bonds is 5. The average Bonchev–Trinajstić information content (AvgIpc) is 2.25. The van der Waals surface area contributed by atoms with Crippen LogP contribution in [-0.4, -0.2) is 23.3 Å². The second kappa shape index (κ2) is 6.43. The van der Waals surface area contributed by atoms with Crippen LogP contribution >= 0.6 is 0 Å². The van der Waals surface area contributed by atoms with E-state index in [4.69, 9.17) is 5.11 Å². The molecule has 0 amide bonds. The smallest absolute Gasteiger partial charge is 0.351 e. The molecule has 0 aromatic heterocycles. The first kappa shape index (κ1) is 12.0. The van der Waals surface area contributed by atoms with Crippen LogP contribution in [0, 0.1) is 5.92 Å². The number of carboxylic acid groups (broad SMARTS) is 1. The topological polar surface area (TPSA) is 61.7 Å². The summed E-state index contributed by atoms with van der Waals surface area (Å²) in [5, 5.41) is 12.3. The quantitative estimate of drug-likeness (QED) is 0.416. The minimum absolute atomic E-state index is 0.124. The van der Waals surface area contributed by atoms with E-state index in [1.165, 1.54) is 39.0 Å². The third-order valence-electron chi connectivity index (χ3n) is 2.95. The lowest BCUT2D eigenvalue weighted by atomic mass is 9.87. The van der Waals surface area contributed by atoms with E-state index in [0.29, 0.717) is 0 Å². The molecule has 1 fully saturated rings. The molecule has 0 bridgehead atoms. The van der Waals surface area contributed by atoms with Crippen molar-refractivity contribution < 1.29 is 9.90 Å². The Kier molecular flexibility index (Phi) is 5.15. The molecule has 2 N–H and O–H groups in total. The van der Waals surface area contributed by atoms with Crippen molar-refractivity contribution in [3.8, 4) is 0 Å². The molecule has 0 spiro atoms. The van der Waals surface area contributed by atoms with Crippen LogP contribution in [0.2, 0.25) is 0 Å². The summed E-state index contributed by atoms with van der Waals surface area (Å²) in [7, 11) is 0. The number of hydrazone groups is 1. The highest BCUT2D eigenvalue weighted by Crippen LogP contribution is 2.25. The second-order valence-electron chi connectivity index (χ2n) is 4.20. The molecule has 0 unspecified atom stereocenters. The van der Waals surface area contributed by atoms with E-state index in [1.807, 2.05) is 0 Å². The van der Waals surface area contributed by atoms with Gasteiger partial charge in [-0.2, -0.15) is 5.10 Å². The van der Waals surface area contributed by atoms with Gasteiger partial charge < -0.3 is 10.5 Å². The van der Waals surface area contributed by atoms with Crippen LogP contribution in [0.1, 0.15) is 45.4 Å². The Bertz CT molecular complexity index is 233. The summed E-state index contributed by atoms with van der Waals surface area (Å²) in [5.41, 5.74) is 2.94. The Balaban J connectivity index is 2.10. The van der Waals surface area contributed by atoms with Crippen LogP contribution in [0.5, 0.6) is 0 Å². The summed E-state index contributed by atoms with van der Waals surface area (Å²) in [4.78, 5) is 10.4. The van der Waals surface area contributed by atoms with E-state index in [2.05, 4.69) is 10.5 Å². The Hall–Kier alpha value is -1.06. The van der Waals surface area contributed by atoms with Crippen molar-refractivity contribution in [3.63, 3.8) is 0 Å². The molecule has 0 atom stereocenters. The Morgan fingerprint density at radius 3 is 2.67 bits per heavy atom. The summed E-state index contributed by atoms with van der Waals surface area (Å²) in [6, 6.07) is 0. The largest absolute Gasteiger partial charge is 0.477 e. The van der Waals surface area contributed by atoms with Gasteiger partial charge in [0.05, 0.1) is 0 Å². The van der Waals surface area contributed by atoms with Gasteiger partial charge in [-0.15, -0.1) is 0 Å². The van der Waals surface area contributed by atoms with Crippen molar-refractivity contribution in [1.29, 1.82) is 0 Å². The average molecular weight is 212 g/mol. The summed E-state index contributed by atoms with van der Waals surface area (Å²) in [6.45, 7) is 2.28. The minimum atomic E-state index is -0.958. The molecule has 0 aromatic carbocycles. The van der Waals surface area contributed by atoms with Gasteiger partial charge >= 0.3 is 5.97 Å². The van der Waals surface area contributed by atoms with Crippen molar-refractivity contribution >= 4 is 11.7 Å². The highest BCUT2D eigenvalue weighted by molar-refractivity contribution is 6.34. The van der Waals surface area contributed by atoms with Crippen molar-refractivity contribution in [2.45, 2.75) is 45.4 Å². The number of aliphatic carboxylic acids is 1. The summed E-state index contributed by atoms with van der Waals surface area (Å²) >= 11 is 0. The summed E-state index contributed by atoms with van der Waals surface area (Å²) in [5.74, 6) is -0.147. The third-order valence-corrected chi connectivity index (χ3v) is 2.95. The fourth-order valence-electron chi connectivity index (χ4n) is 1.97. The molecule has 15 heavy (non-hydrogen) atoms. The highest BCUT2D eigenvalue weighted by atomic mass is 16.4. The van der Waals surface area contributed by atoms with Gasteiger partial charge in [0.15, 0.2) is 0 Å². The van der Waals surface area contributed by atoms with Crippen LogP contribution in [0.15, 0.2) is 5.10 Å². The minimum Gasteiger partial charge on any atom is -0.477 e. The standard InChI is InChI=1S/C11H20N2O2/c1-9(11(14)15)13-12-8-7-10-5-3-2-4-6-10/h10,12H,2-8H2,1H3,(H,14,15)/b13-9-. The van der Waals surface area contributed by atoms with Crippen LogP contribution in [0.25, 0.3) is 0 Å². The van der Waals surface area contributed by atoms with Gasteiger partial charge in [-0.05, 0) is 19.3 Å². The molecule has 0 aliphatic heterocycles. The number of hydrogen-bond acceptors (Lipinski definition) is 3. The summed E-state index contributed by atoms with van der Waals surface area (Å²) < 4.78 is 0. The molecule has 1 saturated carbocycles. The zero-order valence-electron chi connectivity index (χ0n) is 9.33. The number of nitrogens with zero attached hydrogens (tertiary/aromatic N) is 1. The highest BCUT2D eigenvalue weighted by Gasteiger charge is 2.12. The van der Waals surface area contributed by atoms with E-state index >= 15 is 0 Å². The van der Waals surface area contributed by atoms with E-state index in [-0.39, 0.29) is 5.71 Å². The lowest BCUT2D eigenvalue weighted by Gasteiger charge is -2.20. The van der Waals surface area contributed by atoms with Gasteiger partial charge in [0.25, 0.3) is 0 Å². The van der Waals surface area contributed by atoms with E-state index in [9.17, 15) is 4.79 Å². The Labute approximate surface area is 90.8 Å². The molecule has 1 rings (SSSR count). The maximum Gasteiger partial charge on any atom is 0.351 e. The lowest BCUT2D eigenvalue weighted by Crippen LogP contribution is -2.18. The van der Waals surface area contributed by atoms with Crippen molar-refractivity contribution in [3.05, 3.63) is 0 Å². The molecule has 1 aliphatic carbocycles. The Morgan fingerprint density at radius 2 is 2.07 bits per heavy atom. The molecule has 4 heteroatoms. The SMILES string of the molecule is C/C(=N/NCCC1CCCCC1)C(=O)O. The maximum absolute atomic E-state index is 10.4. The van der Waals surface area contributed by atoms with Crippen LogP contribution in [-0.2, 0) is 4.79 Å². The van der Waals surface area contributed by atoms with E-state index in [0.717, 1.165) is 18.9 Å². The van der Waals surface area contributed by atoms with Gasteiger partial charge in [0, 0.05) is 6.54 Å². The molecular weight excluding hydrogens is 192 g/mol. The fraction of sp³-hybridized carbons (Fsp3) is 0.818. The van der Waals surface area contributed by atoms with Gasteiger partial charge in [0.2, 0.25) is 0 Å². The fourth-order valence-corrected chi connectivity index (χ4v) is 1.97. The first-order chi connectivity index (χ1) is 7.20. The van der Waals surface area contributed by atoms with Gasteiger partial charge in [-0.25, -0.2) is 4.79 Å². The Morgan fingerprint density at radius 1 is 1.40 bits per heavy atom. The van der Waals surface area contributed by atoms with Gasteiger partial charge in [-0.3, -0.25) is 0 Å². The van der Waals surface area contributed by atoms with Crippen LogP contribution in [0.3, 0.4) is 0 Å². The van der Waals surface area contributed by atoms with Crippen molar-refractivity contribution in [1.82, 2.24) is 5.43 Å². The van der Waals surface area contributed by atoms with Crippen LogP contribution < -0.4 is 5.43 Å². The molecule has 0 aromatic rings. The second-order valence-corrected chi connectivity index (χ2v) is 4.20. The molecule has 1 aliphatic rings. The van der Waals surface area contributed by atoms with Gasteiger partial charge in [-0.1, -0.05) is 32.1 Å². The zero-order valence-corrected chi connectivity index (χ0v) is 9.33. The lowest BCUT2D eigenvalue weighted by molar-refractivity contribution is -0.129. The van der Waals surface area contributed by atoms with E-state index in [1.54, 1.807) is 0 Å². The maximum atomic E-state index is 10.4. The molecule has 0 radical (unpaired) electrons. The first-order valence-electron chi connectivity index (χ1n) is 5.70. The molecular formula is C11H20N2O2.